The van der Waals surface area contributed by atoms with Gasteiger partial charge in [-0.1, -0.05) is 32.9 Å². The van der Waals surface area contributed by atoms with Crippen LogP contribution < -0.4 is 4.74 Å². The predicted molar refractivity (Wildman–Crippen MR) is 80.2 cm³/mol. The van der Waals surface area contributed by atoms with Gasteiger partial charge in [0, 0.05) is 17.4 Å². The molecule has 0 bridgehead atoms. The molecule has 1 fully saturated rings. The van der Waals surface area contributed by atoms with Crippen molar-refractivity contribution in [2.75, 3.05) is 7.11 Å². The highest BCUT2D eigenvalue weighted by Crippen LogP contribution is 2.37. The number of hydrogen-bond acceptors (Lipinski definition) is 4. The molecular weight excluding hydrogens is 268 g/mol. The van der Waals surface area contributed by atoms with Crippen LogP contribution in [0.2, 0.25) is 0 Å². The molecule has 0 saturated carbocycles. The average Bonchev–Trinajstić information content (AvgIpc) is 2.54. The molecule has 1 saturated heterocycles. The number of hydrogen-bond donors (Lipinski definition) is 0. The zero-order valence-electron chi connectivity index (χ0n) is 13.1. The Balaban J connectivity index is 2.20. The highest BCUT2D eigenvalue weighted by molar-refractivity contribution is 5.54. The largest absolute Gasteiger partial charge is 0.497 e. The molecule has 0 N–H and O–H groups in total. The first kappa shape index (κ1) is 16.0. The van der Waals surface area contributed by atoms with Crippen molar-refractivity contribution in [1.82, 2.24) is 0 Å². The summed E-state index contributed by atoms with van der Waals surface area (Å²) < 4.78 is 17.3. The number of rotatable bonds is 5. The summed E-state index contributed by atoms with van der Waals surface area (Å²) in [5.74, 6) is 0.858. The molecule has 0 unspecified atom stereocenters. The molecule has 0 aliphatic carbocycles. The van der Waals surface area contributed by atoms with Gasteiger partial charge >= 0.3 is 0 Å². The lowest BCUT2D eigenvalue weighted by Gasteiger charge is -2.42. The molecule has 4 heteroatoms. The molecule has 0 spiro atoms. The molecule has 0 aromatic heterocycles. The Bertz CT molecular complexity index is 456. The van der Waals surface area contributed by atoms with Gasteiger partial charge in [-0.25, -0.2) is 0 Å². The highest BCUT2D eigenvalue weighted by atomic mass is 16.7. The second-order valence-electron chi connectivity index (χ2n) is 5.64. The lowest BCUT2D eigenvalue weighted by atomic mass is 9.87. The molecular formula is C17H24O4. The van der Waals surface area contributed by atoms with Gasteiger partial charge in [-0.05, 0) is 18.6 Å². The second kappa shape index (κ2) is 7.05. The fraction of sp³-hybridized carbons (Fsp3) is 0.588. The van der Waals surface area contributed by atoms with E-state index in [0.717, 1.165) is 24.0 Å². The molecule has 1 aromatic rings. The molecule has 1 aromatic carbocycles. The van der Waals surface area contributed by atoms with Crippen molar-refractivity contribution >= 4 is 6.29 Å². The Morgan fingerprint density at radius 1 is 1.29 bits per heavy atom. The highest BCUT2D eigenvalue weighted by Gasteiger charge is 2.39. The number of carbonyl (C=O) groups excluding carboxylic acids is 1. The van der Waals surface area contributed by atoms with Gasteiger partial charge < -0.3 is 19.0 Å². The maximum absolute atomic E-state index is 11.1. The first-order valence-electron chi connectivity index (χ1n) is 7.50. The van der Waals surface area contributed by atoms with E-state index in [1.54, 1.807) is 7.11 Å². The molecule has 1 heterocycles. The molecule has 5 atom stereocenters. The predicted octanol–water partition coefficient (Wildman–Crippen LogP) is 3.36. The van der Waals surface area contributed by atoms with Crippen LogP contribution >= 0.6 is 0 Å². The summed E-state index contributed by atoms with van der Waals surface area (Å²) in [6.07, 6.45) is 1.42. The standard InChI is InChI=1S/C17H24O4/c1-5-15-12(3)16(11(2)10-18)21-17(20-15)13-6-8-14(19-4)9-7-13/h6-12,15-17H,5H2,1-4H3/t11-,12+,15-,16-,17-/m0/s1. The maximum atomic E-state index is 11.1. The van der Waals surface area contributed by atoms with Crippen LogP contribution in [0.5, 0.6) is 5.75 Å². The van der Waals surface area contributed by atoms with Crippen LogP contribution in [0.1, 0.15) is 39.0 Å². The SMILES string of the molecule is CC[C@@H]1O[C@H](c2ccc(OC)cc2)O[C@@H]([C@@H](C)C=O)[C@@H]1C. The van der Waals surface area contributed by atoms with Crippen molar-refractivity contribution in [3.8, 4) is 5.75 Å². The molecule has 4 nitrogen and oxygen atoms in total. The minimum absolute atomic E-state index is 0.0956. The van der Waals surface area contributed by atoms with E-state index in [2.05, 4.69) is 13.8 Å². The van der Waals surface area contributed by atoms with Gasteiger partial charge in [-0.2, -0.15) is 0 Å². The summed E-state index contributed by atoms with van der Waals surface area (Å²) in [5, 5.41) is 0. The van der Waals surface area contributed by atoms with Crippen molar-refractivity contribution in [1.29, 1.82) is 0 Å². The van der Waals surface area contributed by atoms with Gasteiger partial charge in [-0.15, -0.1) is 0 Å². The Morgan fingerprint density at radius 3 is 2.48 bits per heavy atom. The Hall–Kier alpha value is -1.39. The normalized spacial score (nSPS) is 30.7. The summed E-state index contributed by atoms with van der Waals surface area (Å²) in [6, 6.07) is 7.65. The van der Waals surface area contributed by atoms with Crippen LogP contribution in [0.25, 0.3) is 0 Å². The van der Waals surface area contributed by atoms with Gasteiger partial charge in [0.1, 0.15) is 12.0 Å². The minimum Gasteiger partial charge on any atom is -0.497 e. The lowest BCUT2D eigenvalue weighted by Crippen LogP contribution is -2.44. The zero-order chi connectivity index (χ0) is 15.4. The monoisotopic (exact) mass is 292 g/mol. The van der Waals surface area contributed by atoms with Crippen LogP contribution in [0.3, 0.4) is 0 Å². The van der Waals surface area contributed by atoms with Crippen LogP contribution in [-0.2, 0) is 14.3 Å². The fourth-order valence-electron chi connectivity index (χ4n) is 2.86. The van der Waals surface area contributed by atoms with E-state index in [-0.39, 0.29) is 24.0 Å². The maximum Gasteiger partial charge on any atom is 0.184 e. The van der Waals surface area contributed by atoms with E-state index in [1.165, 1.54) is 0 Å². The molecule has 2 rings (SSSR count). The van der Waals surface area contributed by atoms with Gasteiger partial charge in [0.05, 0.1) is 19.3 Å². The number of ether oxygens (including phenoxy) is 3. The Labute approximate surface area is 126 Å². The van der Waals surface area contributed by atoms with Crippen molar-refractivity contribution < 1.29 is 19.0 Å². The summed E-state index contributed by atoms with van der Waals surface area (Å²) in [7, 11) is 1.64. The summed E-state index contributed by atoms with van der Waals surface area (Å²) in [5.41, 5.74) is 0.948. The third-order valence-electron chi connectivity index (χ3n) is 4.21. The number of benzene rings is 1. The van der Waals surface area contributed by atoms with E-state index in [0.29, 0.717) is 0 Å². The smallest absolute Gasteiger partial charge is 0.184 e. The topological polar surface area (TPSA) is 44.8 Å². The third-order valence-corrected chi connectivity index (χ3v) is 4.21. The van der Waals surface area contributed by atoms with Gasteiger partial charge in [0.15, 0.2) is 6.29 Å². The fourth-order valence-corrected chi connectivity index (χ4v) is 2.86. The van der Waals surface area contributed by atoms with Crippen LogP contribution in [0.4, 0.5) is 0 Å². The summed E-state index contributed by atoms with van der Waals surface area (Å²) >= 11 is 0. The number of carbonyl (C=O) groups is 1. The van der Waals surface area contributed by atoms with Gasteiger partial charge in [-0.3, -0.25) is 0 Å². The van der Waals surface area contributed by atoms with E-state index in [4.69, 9.17) is 14.2 Å². The van der Waals surface area contributed by atoms with E-state index >= 15 is 0 Å². The van der Waals surface area contributed by atoms with Crippen LogP contribution in [0, 0.1) is 11.8 Å². The van der Waals surface area contributed by atoms with Crippen molar-refractivity contribution in [3.63, 3.8) is 0 Å². The quantitative estimate of drug-likeness (QED) is 0.781. The van der Waals surface area contributed by atoms with Crippen LogP contribution in [-0.4, -0.2) is 25.6 Å². The van der Waals surface area contributed by atoms with E-state index < -0.39 is 6.29 Å². The van der Waals surface area contributed by atoms with Crippen LogP contribution in [0.15, 0.2) is 24.3 Å². The summed E-state index contributed by atoms with van der Waals surface area (Å²) in [6.45, 7) is 6.08. The van der Waals surface area contributed by atoms with Crippen molar-refractivity contribution in [2.45, 2.75) is 45.7 Å². The Morgan fingerprint density at radius 2 is 1.95 bits per heavy atom. The molecule has 0 radical (unpaired) electrons. The van der Waals surface area contributed by atoms with E-state index in [1.807, 2.05) is 31.2 Å². The average molecular weight is 292 g/mol. The Kier molecular flexibility index (Phi) is 5.37. The lowest BCUT2D eigenvalue weighted by molar-refractivity contribution is -0.278. The summed E-state index contributed by atoms with van der Waals surface area (Å²) in [4.78, 5) is 11.1. The van der Waals surface area contributed by atoms with Crippen molar-refractivity contribution in [3.05, 3.63) is 29.8 Å². The molecule has 1 aliphatic heterocycles. The van der Waals surface area contributed by atoms with Crippen molar-refractivity contribution in [2.24, 2.45) is 11.8 Å². The third kappa shape index (κ3) is 3.44. The van der Waals surface area contributed by atoms with E-state index in [9.17, 15) is 4.79 Å². The molecule has 1 aliphatic rings. The first-order valence-corrected chi connectivity index (χ1v) is 7.50. The molecule has 116 valence electrons. The number of methoxy groups -OCH3 is 1. The van der Waals surface area contributed by atoms with Gasteiger partial charge in [0.2, 0.25) is 0 Å². The molecule has 0 amide bonds. The second-order valence-corrected chi connectivity index (χ2v) is 5.64. The first-order chi connectivity index (χ1) is 10.1. The molecule has 21 heavy (non-hydrogen) atoms. The zero-order valence-corrected chi connectivity index (χ0v) is 13.1. The minimum atomic E-state index is -0.426. The van der Waals surface area contributed by atoms with Gasteiger partial charge in [0.25, 0.3) is 0 Å². The number of aldehydes is 1.